The SMILES string of the molecule is CNC(=O)C1=C(CC=O)C=CC(C)(C(C)(C)C)C=C1. The molecule has 3 nitrogen and oxygen atoms in total. The Labute approximate surface area is 115 Å². The summed E-state index contributed by atoms with van der Waals surface area (Å²) in [5, 5.41) is 2.62. The second-order valence-electron chi connectivity index (χ2n) is 6.09. The van der Waals surface area contributed by atoms with Gasteiger partial charge in [-0.05, 0) is 11.0 Å². The van der Waals surface area contributed by atoms with E-state index in [1.54, 1.807) is 7.05 Å². The molecule has 0 saturated carbocycles. The largest absolute Gasteiger partial charge is 0.355 e. The number of aldehydes is 1. The van der Waals surface area contributed by atoms with Crippen molar-refractivity contribution in [3.63, 3.8) is 0 Å². The molecule has 0 aliphatic heterocycles. The number of hydrogen-bond acceptors (Lipinski definition) is 2. The molecule has 1 N–H and O–H groups in total. The summed E-state index contributed by atoms with van der Waals surface area (Å²) in [5.41, 5.74) is 1.21. The maximum Gasteiger partial charge on any atom is 0.251 e. The minimum Gasteiger partial charge on any atom is -0.355 e. The lowest BCUT2D eigenvalue weighted by Gasteiger charge is -2.37. The van der Waals surface area contributed by atoms with Gasteiger partial charge in [-0.3, -0.25) is 4.79 Å². The molecule has 1 unspecified atom stereocenters. The van der Waals surface area contributed by atoms with E-state index in [0.717, 1.165) is 11.9 Å². The van der Waals surface area contributed by atoms with Gasteiger partial charge < -0.3 is 10.1 Å². The van der Waals surface area contributed by atoms with Crippen molar-refractivity contribution in [2.45, 2.75) is 34.1 Å². The van der Waals surface area contributed by atoms with Crippen molar-refractivity contribution in [1.29, 1.82) is 0 Å². The summed E-state index contributed by atoms with van der Waals surface area (Å²) in [7, 11) is 1.60. The molecule has 104 valence electrons. The van der Waals surface area contributed by atoms with Gasteiger partial charge in [0.05, 0.1) is 0 Å². The van der Waals surface area contributed by atoms with E-state index in [-0.39, 0.29) is 23.2 Å². The summed E-state index contributed by atoms with van der Waals surface area (Å²) in [6.45, 7) is 8.61. The first-order chi connectivity index (χ1) is 8.75. The smallest absolute Gasteiger partial charge is 0.251 e. The molecule has 1 atom stereocenters. The molecule has 0 radical (unpaired) electrons. The molecule has 0 aromatic rings. The molecule has 1 amide bonds. The third-order valence-corrected chi connectivity index (χ3v) is 3.96. The van der Waals surface area contributed by atoms with Gasteiger partial charge >= 0.3 is 0 Å². The maximum atomic E-state index is 11.9. The number of hydrogen-bond donors (Lipinski definition) is 1. The number of likely N-dealkylation sites (N-methyl/N-ethyl adjacent to an activating group) is 1. The Morgan fingerprint density at radius 1 is 1.32 bits per heavy atom. The molecule has 1 rings (SSSR count). The summed E-state index contributed by atoms with van der Waals surface area (Å²) >= 11 is 0. The minimum absolute atomic E-state index is 0.0322. The van der Waals surface area contributed by atoms with E-state index in [1.165, 1.54) is 0 Å². The number of amides is 1. The molecule has 0 aromatic carbocycles. The van der Waals surface area contributed by atoms with Crippen LogP contribution in [0.15, 0.2) is 35.5 Å². The van der Waals surface area contributed by atoms with E-state index in [4.69, 9.17) is 0 Å². The zero-order chi connectivity index (χ0) is 14.7. The second kappa shape index (κ2) is 5.55. The van der Waals surface area contributed by atoms with Crippen molar-refractivity contribution >= 4 is 12.2 Å². The van der Waals surface area contributed by atoms with E-state index in [1.807, 2.05) is 18.2 Å². The van der Waals surface area contributed by atoms with Gasteiger partial charge in [0.25, 0.3) is 5.91 Å². The summed E-state index contributed by atoms with van der Waals surface area (Å²) in [6.07, 6.45) is 8.96. The van der Waals surface area contributed by atoms with Crippen LogP contribution in [0.5, 0.6) is 0 Å². The van der Waals surface area contributed by atoms with E-state index >= 15 is 0 Å². The molecule has 0 aromatic heterocycles. The van der Waals surface area contributed by atoms with Crippen LogP contribution in [0.2, 0.25) is 0 Å². The average Bonchev–Trinajstić information content (AvgIpc) is 2.49. The highest BCUT2D eigenvalue weighted by molar-refractivity contribution is 5.98. The summed E-state index contributed by atoms with van der Waals surface area (Å²) in [6, 6.07) is 0. The monoisotopic (exact) mass is 261 g/mol. The first kappa shape index (κ1) is 15.4. The van der Waals surface area contributed by atoms with Gasteiger partial charge in [0.2, 0.25) is 0 Å². The van der Waals surface area contributed by atoms with E-state index in [2.05, 4.69) is 39.1 Å². The Kier molecular flexibility index (Phi) is 4.51. The summed E-state index contributed by atoms with van der Waals surface area (Å²) in [4.78, 5) is 22.7. The Hall–Kier alpha value is -1.64. The molecule has 1 aliphatic rings. The molecule has 0 spiro atoms. The molecule has 0 fully saturated rings. The van der Waals surface area contributed by atoms with E-state index in [0.29, 0.717) is 5.57 Å². The van der Waals surface area contributed by atoms with Crippen LogP contribution in [-0.4, -0.2) is 19.2 Å². The zero-order valence-corrected chi connectivity index (χ0v) is 12.4. The van der Waals surface area contributed by atoms with Gasteiger partial charge in [-0.1, -0.05) is 52.0 Å². The average molecular weight is 261 g/mol. The van der Waals surface area contributed by atoms with Crippen molar-refractivity contribution in [3.05, 3.63) is 35.5 Å². The summed E-state index contributed by atoms with van der Waals surface area (Å²) < 4.78 is 0. The predicted octanol–water partition coefficient (Wildman–Crippen LogP) is 2.80. The number of nitrogens with one attached hydrogen (secondary N) is 1. The van der Waals surface area contributed by atoms with Gasteiger partial charge in [-0.2, -0.15) is 0 Å². The summed E-state index contributed by atoms with van der Waals surface area (Å²) in [5.74, 6) is -0.157. The fourth-order valence-electron chi connectivity index (χ4n) is 1.91. The number of allylic oxidation sites excluding steroid dienone is 4. The first-order valence-corrected chi connectivity index (χ1v) is 6.52. The van der Waals surface area contributed by atoms with Crippen LogP contribution < -0.4 is 5.32 Å². The molecule has 1 aliphatic carbocycles. The molecule has 0 saturated heterocycles. The van der Waals surface area contributed by atoms with Gasteiger partial charge in [0.15, 0.2) is 0 Å². The lowest BCUT2D eigenvalue weighted by atomic mass is 9.67. The number of carbonyl (C=O) groups is 2. The van der Waals surface area contributed by atoms with Crippen LogP contribution in [0.3, 0.4) is 0 Å². The van der Waals surface area contributed by atoms with Crippen LogP contribution in [0.4, 0.5) is 0 Å². The van der Waals surface area contributed by atoms with Crippen molar-refractivity contribution in [2.24, 2.45) is 10.8 Å². The fraction of sp³-hybridized carbons (Fsp3) is 0.500. The Bertz CT molecular complexity index is 464. The maximum absolute atomic E-state index is 11.9. The van der Waals surface area contributed by atoms with Crippen LogP contribution in [0.25, 0.3) is 0 Å². The van der Waals surface area contributed by atoms with Gasteiger partial charge in [0, 0.05) is 24.5 Å². The normalized spacial score (nSPS) is 23.2. The first-order valence-electron chi connectivity index (χ1n) is 6.52. The zero-order valence-electron chi connectivity index (χ0n) is 12.4. The molecule has 3 heteroatoms. The van der Waals surface area contributed by atoms with Crippen LogP contribution in [0, 0.1) is 10.8 Å². The van der Waals surface area contributed by atoms with Gasteiger partial charge in [-0.15, -0.1) is 0 Å². The Balaban J connectivity index is 3.28. The van der Waals surface area contributed by atoms with Crippen LogP contribution in [-0.2, 0) is 9.59 Å². The van der Waals surface area contributed by atoms with Crippen molar-refractivity contribution in [1.82, 2.24) is 5.32 Å². The van der Waals surface area contributed by atoms with Crippen molar-refractivity contribution < 1.29 is 9.59 Å². The van der Waals surface area contributed by atoms with Crippen LogP contribution >= 0.6 is 0 Å². The van der Waals surface area contributed by atoms with E-state index < -0.39 is 0 Å². The number of rotatable bonds is 3. The predicted molar refractivity (Wildman–Crippen MR) is 77.6 cm³/mol. The van der Waals surface area contributed by atoms with Crippen LogP contribution in [0.1, 0.15) is 34.1 Å². The topological polar surface area (TPSA) is 46.2 Å². The van der Waals surface area contributed by atoms with Crippen molar-refractivity contribution in [2.75, 3.05) is 7.05 Å². The third-order valence-electron chi connectivity index (χ3n) is 3.96. The minimum atomic E-state index is -0.157. The lowest BCUT2D eigenvalue weighted by Crippen LogP contribution is -2.28. The standard InChI is InChI=1S/C16H23NO2/c1-15(2,3)16(4)9-6-12(8-11-18)13(7-10-16)14(19)17-5/h6-7,9-11H,8H2,1-5H3,(H,17,19). The Morgan fingerprint density at radius 3 is 2.37 bits per heavy atom. The molecule has 19 heavy (non-hydrogen) atoms. The molecular formula is C16H23NO2. The fourth-order valence-corrected chi connectivity index (χ4v) is 1.91. The third kappa shape index (κ3) is 3.22. The highest BCUT2D eigenvalue weighted by Gasteiger charge is 2.33. The highest BCUT2D eigenvalue weighted by Crippen LogP contribution is 2.42. The Morgan fingerprint density at radius 2 is 1.89 bits per heavy atom. The highest BCUT2D eigenvalue weighted by atomic mass is 16.1. The van der Waals surface area contributed by atoms with Gasteiger partial charge in [-0.25, -0.2) is 0 Å². The quantitative estimate of drug-likeness (QED) is 0.794. The van der Waals surface area contributed by atoms with Gasteiger partial charge in [0.1, 0.15) is 6.29 Å². The number of carbonyl (C=O) groups excluding carboxylic acids is 2. The second-order valence-corrected chi connectivity index (χ2v) is 6.09. The molecular weight excluding hydrogens is 238 g/mol. The van der Waals surface area contributed by atoms with Crippen molar-refractivity contribution in [3.8, 4) is 0 Å². The molecule has 0 heterocycles. The lowest BCUT2D eigenvalue weighted by molar-refractivity contribution is -0.116. The van der Waals surface area contributed by atoms with E-state index in [9.17, 15) is 9.59 Å². The molecule has 0 bridgehead atoms.